The summed E-state index contributed by atoms with van der Waals surface area (Å²) in [5.74, 6) is -0.309. The Morgan fingerprint density at radius 2 is 2.29 bits per heavy atom. The van der Waals surface area contributed by atoms with E-state index in [1.54, 1.807) is 6.07 Å². The predicted octanol–water partition coefficient (Wildman–Crippen LogP) is 2.61. The zero-order valence-corrected chi connectivity index (χ0v) is 8.22. The Kier molecular flexibility index (Phi) is 3.65. The Bertz CT molecular complexity index is 374. The summed E-state index contributed by atoms with van der Waals surface area (Å²) in [5, 5.41) is -0.596. The second-order valence-corrected chi connectivity index (χ2v) is 2.90. The van der Waals surface area contributed by atoms with Gasteiger partial charge in [0.15, 0.2) is 11.6 Å². The lowest BCUT2D eigenvalue weighted by Crippen LogP contribution is -1.88. The van der Waals surface area contributed by atoms with Crippen molar-refractivity contribution in [2.45, 2.75) is 0 Å². The van der Waals surface area contributed by atoms with Gasteiger partial charge in [0.2, 0.25) is 5.24 Å². The van der Waals surface area contributed by atoms with Crippen molar-refractivity contribution in [1.29, 1.82) is 0 Å². The van der Waals surface area contributed by atoms with E-state index in [0.717, 1.165) is 6.08 Å². The highest BCUT2D eigenvalue weighted by molar-refractivity contribution is 6.66. The first-order valence-corrected chi connectivity index (χ1v) is 4.22. The molecule has 1 aromatic carbocycles. The molecule has 1 rings (SSSR count). The minimum Gasteiger partial charge on any atom is -0.494 e. The molecule has 0 saturated heterocycles. The molecule has 0 atom stereocenters. The molecule has 2 nitrogen and oxygen atoms in total. The lowest BCUT2D eigenvalue weighted by atomic mass is 10.2. The average Bonchev–Trinajstić information content (AvgIpc) is 2.15. The number of benzene rings is 1. The Morgan fingerprint density at radius 1 is 1.57 bits per heavy atom. The Hall–Kier alpha value is -1.35. The second kappa shape index (κ2) is 4.77. The monoisotopic (exact) mass is 214 g/mol. The summed E-state index contributed by atoms with van der Waals surface area (Å²) < 4.78 is 17.8. The second-order valence-electron chi connectivity index (χ2n) is 2.53. The van der Waals surface area contributed by atoms with Gasteiger partial charge in [0.25, 0.3) is 0 Å². The van der Waals surface area contributed by atoms with E-state index in [1.165, 1.54) is 25.3 Å². The molecule has 0 unspecified atom stereocenters. The van der Waals surface area contributed by atoms with Crippen LogP contribution >= 0.6 is 11.6 Å². The summed E-state index contributed by atoms with van der Waals surface area (Å²) in [6.45, 7) is 0. The fourth-order valence-corrected chi connectivity index (χ4v) is 1.01. The van der Waals surface area contributed by atoms with Crippen LogP contribution in [0.4, 0.5) is 4.39 Å². The molecule has 0 bridgehead atoms. The molecule has 74 valence electrons. The van der Waals surface area contributed by atoms with Crippen molar-refractivity contribution < 1.29 is 13.9 Å². The largest absolute Gasteiger partial charge is 0.494 e. The molecule has 0 amide bonds. The van der Waals surface area contributed by atoms with Crippen LogP contribution in [0.3, 0.4) is 0 Å². The number of rotatable bonds is 3. The van der Waals surface area contributed by atoms with Crippen LogP contribution in [0.1, 0.15) is 5.56 Å². The third-order valence-corrected chi connectivity index (χ3v) is 1.71. The number of ether oxygens (including phenoxy) is 1. The SMILES string of the molecule is COc1ccc(/C=C/C(=O)Cl)cc1F. The van der Waals surface area contributed by atoms with Crippen LogP contribution in [-0.2, 0) is 4.79 Å². The van der Waals surface area contributed by atoms with Crippen LogP contribution in [0.25, 0.3) is 6.08 Å². The van der Waals surface area contributed by atoms with Crippen LogP contribution in [0.2, 0.25) is 0 Å². The highest BCUT2D eigenvalue weighted by atomic mass is 35.5. The molecule has 0 heterocycles. The van der Waals surface area contributed by atoms with Crippen LogP contribution in [0.15, 0.2) is 24.3 Å². The quantitative estimate of drug-likeness (QED) is 0.571. The van der Waals surface area contributed by atoms with Gasteiger partial charge in [-0.05, 0) is 35.4 Å². The number of allylic oxidation sites excluding steroid dienone is 1. The van der Waals surface area contributed by atoms with E-state index in [1.807, 2.05) is 0 Å². The van der Waals surface area contributed by atoms with Crippen LogP contribution in [0.5, 0.6) is 5.75 Å². The minimum atomic E-state index is -0.596. The van der Waals surface area contributed by atoms with Gasteiger partial charge in [-0.2, -0.15) is 0 Å². The van der Waals surface area contributed by atoms with E-state index in [-0.39, 0.29) is 5.75 Å². The summed E-state index contributed by atoms with van der Waals surface area (Å²) in [6, 6.07) is 4.36. The molecular weight excluding hydrogens is 207 g/mol. The lowest BCUT2D eigenvalue weighted by Gasteiger charge is -2.01. The van der Waals surface area contributed by atoms with Crippen molar-refractivity contribution in [3.63, 3.8) is 0 Å². The number of carbonyl (C=O) groups is 1. The molecule has 0 fully saturated rings. The van der Waals surface area contributed by atoms with Gasteiger partial charge in [0, 0.05) is 0 Å². The predicted molar refractivity (Wildman–Crippen MR) is 52.8 cm³/mol. The van der Waals surface area contributed by atoms with E-state index in [0.29, 0.717) is 5.56 Å². The number of halogens is 2. The van der Waals surface area contributed by atoms with Crippen LogP contribution in [-0.4, -0.2) is 12.4 Å². The smallest absolute Gasteiger partial charge is 0.245 e. The number of hydrogen-bond donors (Lipinski definition) is 0. The Balaban J connectivity index is 2.91. The fourth-order valence-electron chi connectivity index (χ4n) is 0.948. The highest BCUT2D eigenvalue weighted by Crippen LogP contribution is 2.18. The average molecular weight is 215 g/mol. The maximum atomic E-state index is 13.1. The molecule has 0 aliphatic rings. The molecule has 0 spiro atoms. The molecule has 0 aliphatic heterocycles. The normalized spacial score (nSPS) is 10.5. The summed E-state index contributed by atoms with van der Waals surface area (Å²) in [4.78, 5) is 10.4. The first-order valence-electron chi connectivity index (χ1n) is 3.84. The standard InChI is InChI=1S/C10H8ClFO2/c1-14-9-4-2-7(6-8(9)12)3-5-10(11)13/h2-6H,1H3/b5-3+. The third kappa shape index (κ3) is 2.85. The zero-order valence-electron chi connectivity index (χ0n) is 7.46. The minimum absolute atomic E-state index is 0.166. The van der Waals surface area contributed by atoms with E-state index >= 15 is 0 Å². The maximum absolute atomic E-state index is 13.1. The van der Waals surface area contributed by atoms with E-state index in [9.17, 15) is 9.18 Å². The van der Waals surface area contributed by atoms with Gasteiger partial charge < -0.3 is 4.74 Å². The molecule has 0 N–H and O–H groups in total. The lowest BCUT2D eigenvalue weighted by molar-refractivity contribution is -0.107. The van der Waals surface area contributed by atoms with Gasteiger partial charge in [-0.3, -0.25) is 4.79 Å². The van der Waals surface area contributed by atoms with Gasteiger partial charge in [-0.25, -0.2) is 4.39 Å². The molecule has 0 radical (unpaired) electrons. The van der Waals surface area contributed by atoms with Gasteiger partial charge in [-0.1, -0.05) is 12.1 Å². The van der Waals surface area contributed by atoms with Gasteiger partial charge in [-0.15, -0.1) is 0 Å². The molecule has 0 aliphatic carbocycles. The molecular formula is C10H8ClFO2. The molecule has 1 aromatic rings. The van der Waals surface area contributed by atoms with Crippen molar-refractivity contribution >= 4 is 22.9 Å². The third-order valence-electron chi connectivity index (χ3n) is 1.58. The van der Waals surface area contributed by atoms with Crippen molar-refractivity contribution in [2.75, 3.05) is 7.11 Å². The topological polar surface area (TPSA) is 26.3 Å². The summed E-state index contributed by atoms with van der Waals surface area (Å²) in [6.07, 6.45) is 2.58. The summed E-state index contributed by atoms with van der Waals surface area (Å²) in [5.41, 5.74) is 0.553. The highest BCUT2D eigenvalue weighted by Gasteiger charge is 2.01. The van der Waals surface area contributed by atoms with Crippen LogP contribution in [0, 0.1) is 5.82 Å². The van der Waals surface area contributed by atoms with E-state index < -0.39 is 11.1 Å². The van der Waals surface area contributed by atoms with E-state index in [4.69, 9.17) is 16.3 Å². The van der Waals surface area contributed by atoms with Crippen molar-refractivity contribution in [2.24, 2.45) is 0 Å². The number of hydrogen-bond acceptors (Lipinski definition) is 2. The summed E-state index contributed by atoms with van der Waals surface area (Å²) >= 11 is 5.08. The Labute approximate surface area is 85.9 Å². The first kappa shape index (κ1) is 10.7. The molecule has 0 saturated carbocycles. The van der Waals surface area contributed by atoms with Gasteiger partial charge in [0.1, 0.15) is 0 Å². The first-order chi connectivity index (χ1) is 6.63. The molecule has 14 heavy (non-hydrogen) atoms. The fraction of sp³-hybridized carbons (Fsp3) is 0.100. The maximum Gasteiger partial charge on any atom is 0.245 e. The molecule has 0 aromatic heterocycles. The molecule has 4 heteroatoms. The Morgan fingerprint density at radius 3 is 2.79 bits per heavy atom. The van der Waals surface area contributed by atoms with Crippen molar-refractivity contribution in [1.82, 2.24) is 0 Å². The van der Waals surface area contributed by atoms with Crippen molar-refractivity contribution in [3.8, 4) is 5.75 Å². The number of carbonyl (C=O) groups excluding carboxylic acids is 1. The zero-order chi connectivity index (χ0) is 10.6. The van der Waals surface area contributed by atoms with Gasteiger partial charge in [0.05, 0.1) is 7.11 Å². The van der Waals surface area contributed by atoms with Gasteiger partial charge >= 0.3 is 0 Å². The van der Waals surface area contributed by atoms with E-state index in [2.05, 4.69) is 0 Å². The summed E-state index contributed by atoms with van der Waals surface area (Å²) in [7, 11) is 1.39. The van der Waals surface area contributed by atoms with Crippen molar-refractivity contribution in [3.05, 3.63) is 35.7 Å². The number of methoxy groups -OCH3 is 1. The van der Waals surface area contributed by atoms with Crippen LogP contribution < -0.4 is 4.74 Å².